The monoisotopic (exact) mass is 432 g/mol. The summed E-state index contributed by atoms with van der Waals surface area (Å²) >= 11 is 0. The number of methoxy groups -OCH3 is 1. The second-order valence-electron chi connectivity index (χ2n) is 7.77. The van der Waals surface area contributed by atoms with Crippen LogP contribution in [0.15, 0.2) is 30.3 Å². The van der Waals surface area contributed by atoms with Gasteiger partial charge in [0.2, 0.25) is 11.8 Å². The van der Waals surface area contributed by atoms with Crippen LogP contribution in [0.5, 0.6) is 5.75 Å². The Hall–Kier alpha value is -2.88. The van der Waals surface area contributed by atoms with E-state index in [0.717, 1.165) is 0 Å². The molecule has 3 heterocycles. The molecule has 2 aromatic rings. The Labute approximate surface area is 174 Å². The molecule has 4 rings (SSSR count). The molecule has 0 spiro atoms. The molecule has 10 heteroatoms. The van der Waals surface area contributed by atoms with Gasteiger partial charge in [0.25, 0.3) is 0 Å². The van der Waals surface area contributed by atoms with Gasteiger partial charge in [-0.2, -0.15) is 5.10 Å². The third-order valence-corrected chi connectivity index (χ3v) is 7.29. The van der Waals surface area contributed by atoms with Crippen molar-refractivity contribution in [3.63, 3.8) is 0 Å². The Balaban J connectivity index is 1.46. The molecule has 1 aromatic heterocycles. The summed E-state index contributed by atoms with van der Waals surface area (Å²) in [5.74, 6) is 0.401. The lowest BCUT2D eigenvalue weighted by molar-refractivity contribution is -0.122. The lowest BCUT2D eigenvalue weighted by Gasteiger charge is -2.18. The molecule has 9 nitrogen and oxygen atoms in total. The minimum Gasteiger partial charge on any atom is -0.497 e. The number of hydrogen-bond donors (Lipinski definition) is 1. The molecule has 0 bridgehead atoms. The molecule has 2 fully saturated rings. The maximum absolute atomic E-state index is 12.9. The second kappa shape index (κ2) is 7.75. The van der Waals surface area contributed by atoms with Gasteiger partial charge >= 0.3 is 0 Å². The molecule has 2 aliphatic heterocycles. The van der Waals surface area contributed by atoms with Crippen LogP contribution in [0, 0.1) is 12.8 Å². The lowest BCUT2D eigenvalue weighted by Crippen LogP contribution is -2.29. The van der Waals surface area contributed by atoms with Crippen molar-refractivity contribution in [2.45, 2.75) is 25.8 Å². The fourth-order valence-electron chi connectivity index (χ4n) is 3.98. The van der Waals surface area contributed by atoms with Crippen molar-refractivity contribution >= 4 is 33.2 Å². The highest BCUT2D eigenvalue weighted by Gasteiger charge is 2.36. The van der Waals surface area contributed by atoms with Crippen molar-refractivity contribution in [3.05, 3.63) is 36.0 Å². The highest BCUT2D eigenvalue weighted by atomic mass is 32.2. The largest absolute Gasteiger partial charge is 0.497 e. The average molecular weight is 433 g/mol. The summed E-state index contributed by atoms with van der Waals surface area (Å²) in [6.07, 6.45) is 0.586. The van der Waals surface area contributed by atoms with Crippen molar-refractivity contribution < 1.29 is 22.7 Å². The molecule has 0 saturated carbocycles. The Morgan fingerprint density at radius 1 is 1.27 bits per heavy atom. The van der Waals surface area contributed by atoms with E-state index in [2.05, 4.69) is 10.4 Å². The maximum atomic E-state index is 12.9. The van der Waals surface area contributed by atoms with E-state index >= 15 is 0 Å². The molecule has 160 valence electrons. The molecule has 2 saturated heterocycles. The zero-order valence-electron chi connectivity index (χ0n) is 16.9. The smallest absolute Gasteiger partial charge is 0.230 e. The number of amides is 2. The second-order valence-corrected chi connectivity index (χ2v) is 9.99. The fraction of sp³-hybridized carbons (Fsp3) is 0.450. The molecule has 0 unspecified atom stereocenters. The van der Waals surface area contributed by atoms with Crippen LogP contribution in [0.2, 0.25) is 0 Å². The number of anilines is 2. The number of aryl methyl sites for hydroxylation is 1. The van der Waals surface area contributed by atoms with E-state index in [1.807, 2.05) is 0 Å². The molecule has 0 aliphatic carbocycles. The van der Waals surface area contributed by atoms with Crippen LogP contribution in [0.3, 0.4) is 0 Å². The minimum absolute atomic E-state index is 0.0180. The number of ether oxygens (including phenoxy) is 1. The number of aromatic nitrogens is 2. The first-order chi connectivity index (χ1) is 14.3. The highest BCUT2D eigenvalue weighted by molar-refractivity contribution is 7.91. The summed E-state index contributed by atoms with van der Waals surface area (Å²) in [7, 11) is -1.51. The molecule has 1 aromatic carbocycles. The first-order valence-electron chi connectivity index (χ1n) is 9.77. The van der Waals surface area contributed by atoms with E-state index in [4.69, 9.17) is 4.74 Å². The summed E-state index contributed by atoms with van der Waals surface area (Å²) in [5, 5.41) is 7.24. The minimum atomic E-state index is -3.08. The number of hydrogen-bond acceptors (Lipinski definition) is 6. The number of carbonyl (C=O) groups is 2. The van der Waals surface area contributed by atoms with Crippen LogP contribution < -0.4 is 15.0 Å². The predicted octanol–water partition coefficient (Wildman–Crippen LogP) is 1.55. The first-order valence-corrected chi connectivity index (χ1v) is 11.6. The van der Waals surface area contributed by atoms with E-state index in [1.165, 1.54) is 0 Å². The van der Waals surface area contributed by atoms with Gasteiger partial charge in [-0.15, -0.1) is 0 Å². The number of benzene rings is 1. The van der Waals surface area contributed by atoms with Crippen molar-refractivity contribution in [1.82, 2.24) is 9.78 Å². The average Bonchev–Trinajstić information content (AvgIpc) is 3.38. The number of nitrogens with one attached hydrogen (secondary N) is 1. The van der Waals surface area contributed by atoms with Gasteiger partial charge in [0.05, 0.1) is 36.3 Å². The summed E-state index contributed by atoms with van der Waals surface area (Å²) < 4.78 is 30.4. The SMILES string of the molecule is COc1ccc(N2C[C@@H](C(=O)Nc3cc(C)nn3[C@H]3CCS(=O)(=O)C3)CC2=O)cc1. The molecule has 1 N–H and O–H groups in total. The lowest BCUT2D eigenvalue weighted by atomic mass is 10.1. The summed E-state index contributed by atoms with van der Waals surface area (Å²) in [4.78, 5) is 26.9. The van der Waals surface area contributed by atoms with Gasteiger partial charge in [-0.25, -0.2) is 13.1 Å². The van der Waals surface area contributed by atoms with E-state index in [0.29, 0.717) is 29.4 Å². The maximum Gasteiger partial charge on any atom is 0.230 e. The Morgan fingerprint density at radius 2 is 2.00 bits per heavy atom. The Kier molecular flexibility index (Phi) is 5.27. The van der Waals surface area contributed by atoms with Gasteiger partial charge in [0.15, 0.2) is 9.84 Å². The van der Waals surface area contributed by atoms with Crippen LogP contribution in [0.1, 0.15) is 24.6 Å². The number of carbonyl (C=O) groups excluding carboxylic acids is 2. The normalized spacial score (nSPS) is 23.0. The van der Waals surface area contributed by atoms with E-state index in [9.17, 15) is 18.0 Å². The standard InChI is InChI=1S/C20H24N4O5S/c1-13-9-18(24(22-13)16-7-8-30(27,28)12-16)21-20(26)14-10-19(25)23(11-14)15-3-5-17(29-2)6-4-15/h3-6,9,14,16H,7-8,10-12H2,1-2H3,(H,21,26)/t14-,16-/m0/s1. The predicted molar refractivity (Wildman–Crippen MR) is 111 cm³/mol. The third-order valence-electron chi connectivity index (χ3n) is 5.54. The zero-order valence-corrected chi connectivity index (χ0v) is 17.7. The number of sulfone groups is 1. The quantitative estimate of drug-likeness (QED) is 0.768. The van der Waals surface area contributed by atoms with Crippen LogP contribution in [0.25, 0.3) is 0 Å². The summed E-state index contributed by atoms with van der Waals surface area (Å²) in [6, 6.07) is 8.55. The van der Waals surface area contributed by atoms with E-state index < -0.39 is 15.8 Å². The highest BCUT2D eigenvalue weighted by Crippen LogP contribution is 2.30. The topological polar surface area (TPSA) is 111 Å². The number of nitrogens with zero attached hydrogens (tertiary/aromatic N) is 3. The van der Waals surface area contributed by atoms with Crippen LogP contribution >= 0.6 is 0 Å². The van der Waals surface area contributed by atoms with Gasteiger partial charge in [0, 0.05) is 24.7 Å². The molecular weight excluding hydrogens is 408 g/mol. The molecule has 2 amide bonds. The molecule has 2 aliphatic rings. The van der Waals surface area contributed by atoms with Crippen LogP contribution in [-0.4, -0.2) is 55.2 Å². The van der Waals surface area contributed by atoms with E-state index in [-0.39, 0.29) is 42.3 Å². The molecule has 0 radical (unpaired) electrons. The van der Waals surface area contributed by atoms with Gasteiger partial charge in [-0.05, 0) is 37.6 Å². The van der Waals surface area contributed by atoms with Gasteiger partial charge < -0.3 is 15.0 Å². The van der Waals surface area contributed by atoms with Crippen LogP contribution in [-0.2, 0) is 19.4 Å². The van der Waals surface area contributed by atoms with E-state index in [1.54, 1.807) is 53.9 Å². The third kappa shape index (κ3) is 4.04. The Morgan fingerprint density at radius 3 is 2.63 bits per heavy atom. The van der Waals surface area contributed by atoms with Gasteiger partial charge in [-0.3, -0.25) is 9.59 Å². The summed E-state index contributed by atoms with van der Waals surface area (Å²) in [6.45, 7) is 2.07. The fourth-order valence-corrected chi connectivity index (χ4v) is 5.67. The van der Waals surface area contributed by atoms with Crippen molar-refractivity contribution in [2.75, 3.05) is 35.4 Å². The zero-order chi connectivity index (χ0) is 21.5. The summed E-state index contributed by atoms with van der Waals surface area (Å²) in [5.41, 5.74) is 1.41. The van der Waals surface area contributed by atoms with Crippen molar-refractivity contribution in [1.29, 1.82) is 0 Å². The van der Waals surface area contributed by atoms with Gasteiger partial charge in [-0.1, -0.05) is 0 Å². The molecule has 30 heavy (non-hydrogen) atoms. The first kappa shape index (κ1) is 20.4. The Bertz CT molecular complexity index is 1080. The van der Waals surface area contributed by atoms with Crippen molar-refractivity contribution in [2.24, 2.45) is 5.92 Å². The molecular formula is C20H24N4O5S. The van der Waals surface area contributed by atoms with Gasteiger partial charge in [0.1, 0.15) is 11.6 Å². The van der Waals surface area contributed by atoms with Crippen molar-refractivity contribution in [3.8, 4) is 5.75 Å². The molecule has 2 atom stereocenters. The number of rotatable bonds is 5. The van der Waals surface area contributed by atoms with Crippen LogP contribution in [0.4, 0.5) is 11.5 Å².